The van der Waals surface area contributed by atoms with Gasteiger partial charge in [-0.3, -0.25) is 4.79 Å². The molecule has 0 amide bonds. The number of nitrogens with one attached hydrogen (secondary N) is 1. The zero-order valence-corrected chi connectivity index (χ0v) is 10.7. The first-order valence-corrected chi connectivity index (χ1v) is 6.34. The van der Waals surface area contributed by atoms with Crippen molar-refractivity contribution >= 4 is 0 Å². The van der Waals surface area contributed by atoms with E-state index in [1.165, 1.54) is 0 Å². The second kappa shape index (κ2) is 6.87. The summed E-state index contributed by atoms with van der Waals surface area (Å²) in [5, 5.41) is 12.2. The number of hydrogen-bond donors (Lipinski definition) is 2. The van der Waals surface area contributed by atoms with Crippen molar-refractivity contribution in [1.82, 2.24) is 9.88 Å². The molecule has 0 spiro atoms. The molecule has 1 heterocycles. The van der Waals surface area contributed by atoms with Crippen LogP contribution in [0.1, 0.15) is 11.1 Å². The van der Waals surface area contributed by atoms with E-state index < -0.39 is 0 Å². The maximum Gasteiger partial charge on any atom is 0.250 e. The molecule has 0 saturated heterocycles. The summed E-state index contributed by atoms with van der Waals surface area (Å²) in [5.41, 5.74) is 2.11. The Hall–Kier alpha value is -1.91. The van der Waals surface area contributed by atoms with Gasteiger partial charge in [-0.05, 0) is 17.2 Å². The zero-order chi connectivity index (χ0) is 13.5. The number of benzene rings is 1. The molecule has 0 aliphatic carbocycles. The van der Waals surface area contributed by atoms with Gasteiger partial charge in [0.05, 0.1) is 6.61 Å². The zero-order valence-electron chi connectivity index (χ0n) is 10.7. The standard InChI is InChI=1S/C15H18N2O2/c18-12-14-6-4-13(5-7-14)11-16-8-10-17-9-2-1-3-15(17)19/h1-7,9,16,18H,8,10-12H2. The van der Waals surface area contributed by atoms with Crippen molar-refractivity contribution in [3.8, 4) is 0 Å². The van der Waals surface area contributed by atoms with Crippen LogP contribution >= 0.6 is 0 Å². The van der Waals surface area contributed by atoms with E-state index in [-0.39, 0.29) is 12.2 Å². The summed E-state index contributed by atoms with van der Waals surface area (Å²) in [6.45, 7) is 2.23. The highest BCUT2D eigenvalue weighted by atomic mass is 16.3. The lowest BCUT2D eigenvalue weighted by Crippen LogP contribution is -2.25. The van der Waals surface area contributed by atoms with Crippen molar-refractivity contribution in [3.63, 3.8) is 0 Å². The van der Waals surface area contributed by atoms with Crippen LogP contribution in [0.15, 0.2) is 53.5 Å². The Balaban J connectivity index is 1.77. The van der Waals surface area contributed by atoms with E-state index in [0.717, 1.165) is 24.2 Å². The molecule has 1 aromatic carbocycles. The summed E-state index contributed by atoms with van der Waals surface area (Å²) in [5.74, 6) is 0. The number of rotatable bonds is 6. The second-order valence-electron chi connectivity index (χ2n) is 4.38. The Morgan fingerprint density at radius 2 is 1.79 bits per heavy atom. The summed E-state index contributed by atoms with van der Waals surface area (Å²) < 4.78 is 1.68. The van der Waals surface area contributed by atoms with E-state index in [1.54, 1.807) is 22.9 Å². The highest BCUT2D eigenvalue weighted by Gasteiger charge is 1.95. The molecule has 0 saturated carbocycles. The SMILES string of the molecule is O=c1ccccn1CCNCc1ccc(CO)cc1. The van der Waals surface area contributed by atoms with Gasteiger partial charge < -0.3 is 15.0 Å². The maximum atomic E-state index is 11.5. The molecule has 19 heavy (non-hydrogen) atoms. The van der Waals surface area contributed by atoms with Crippen LogP contribution in [0.5, 0.6) is 0 Å². The minimum absolute atomic E-state index is 0.0246. The first-order chi connectivity index (χ1) is 9.29. The van der Waals surface area contributed by atoms with E-state index in [2.05, 4.69) is 5.32 Å². The quantitative estimate of drug-likeness (QED) is 0.764. The van der Waals surface area contributed by atoms with Gasteiger partial charge >= 0.3 is 0 Å². The molecule has 2 rings (SSSR count). The Morgan fingerprint density at radius 3 is 2.47 bits per heavy atom. The van der Waals surface area contributed by atoms with Crippen LogP contribution in [0.2, 0.25) is 0 Å². The summed E-state index contributed by atoms with van der Waals surface area (Å²) in [4.78, 5) is 11.5. The average molecular weight is 258 g/mol. The summed E-state index contributed by atoms with van der Waals surface area (Å²) in [6.07, 6.45) is 1.79. The normalized spacial score (nSPS) is 10.6. The van der Waals surface area contributed by atoms with Crippen LogP contribution in [-0.2, 0) is 19.7 Å². The Morgan fingerprint density at radius 1 is 1.05 bits per heavy atom. The first kappa shape index (κ1) is 13.5. The second-order valence-corrected chi connectivity index (χ2v) is 4.38. The lowest BCUT2D eigenvalue weighted by Gasteiger charge is -2.07. The van der Waals surface area contributed by atoms with Gasteiger partial charge in [0, 0.05) is 31.9 Å². The molecule has 0 bridgehead atoms. The van der Waals surface area contributed by atoms with Gasteiger partial charge in [-0.25, -0.2) is 0 Å². The molecule has 2 aromatic rings. The van der Waals surface area contributed by atoms with Crippen molar-refractivity contribution in [2.24, 2.45) is 0 Å². The predicted octanol–water partition coefficient (Wildman–Crippen LogP) is 1.13. The molecule has 0 atom stereocenters. The van der Waals surface area contributed by atoms with Gasteiger partial charge in [0.2, 0.25) is 0 Å². The monoisotopic (exact) mass is 258 g/mol. The Kier molecular flexibility index (Phi) is 4.89. The van der Waals surface area contributed by atoms with Gasteiger partial charge in [0.1, 0.15) is 0 Å². The van der Waals surface area contributed by atoms with Gasteiger partial charge in [0.25, 0.3) is 5.56 Å². The van der Waals surface area contributed by atoms with E-state index in [1.807, 2.05) is 30.3 Å². The third-order valence-electron chi connectivity index (χ3n) is 2.96. The lowest BCUT2D eigenvalue weighted by atomic mass is 10.1. The number of nitrogens with zero attached hydrogens (tertiary/aromatic N) is 1. The molecular weight excluding hydrogens is 240 g/mol. The third kappa shape index (κ3) is 4.05. The third-order valence-corrected chi connectivity index (χ3v) is 2.96. The number of aromatic nitrogens is 1. The largest absolute Gasteiger partial charge is 0.392 e. The topological polar surface area (TPSA) is 54.3 Å². The van der Waals surface area contributed by atoms with Crippen molar-refractivity contribution in [3.05, 3.63) is 70.1 Å². The smallest absolute Gasteiger partial charge is 0.250 e. The molecule has 0 radical (unpaired) electrons. The van der Waals surface area contributed by atoms with Crippen LogP contribution < -0.4 is 10.9 Å². The van der Waals surface area contributed by atoms with Gasteiger partial charge in [-0.15, -0.1) is 0 Å². The molecule has 0 aliphatic rings. The van der Waals surface area contributed by atoms with Crippen molar-refractivity contribution in [2.45, 2.75) is 19.7 Å². The maximum absolute atomic E-state index is 11.5. The highest BCUT2D eigenvalue weighted by Crippen LogP contribution is 2.03. The number of pyridine rings is 1. The van der Waals surface area contributed by atoms with Crippen LogP contribution in [0.3, 0.4) is 0 Å². The van der Waals surface area contributed by atoms with E-state index in [9.17, 15) is 4.79 Å². The molecule has 4 heteroatoms. The first-order valence-electron chi connectivity index (χ1n) is 6.34. The molecule has 2 N–H and O–H groups in total. The van der Waals surface area contributed by atoms with Gasteiger partial charge in [-0.1, -0.05) is 30.3 Å². The molecule has 4 nitrogen and oxygen atoms in total. The van der Waals surface area contributed by atoms with Gasteiger partial charge in [0.15, 0.2) is 0 Å². The fourth-order valence-corrected chi connectivity index (χ4v) is 1.84. The fraction of sp³-hybridized carbons (Fsp3) is 0.267. The van der Waals surface area contributed by atoms with E-state index >= 15 is 0 Å². The minimum Gasteiger partial charge on any atom is -0.392 e. The molecule has 0 aliphatic heterocycles. The fourth-order valence-electron chi connectivity index (χ4n) is 1.84. The van der Waals surface area contributed by atoms with Crippen LogP contribution in [-0.4, -0.2) is 16.2 Å². The van der Waals surface area contributed by atoms with Crippen molar-refractivity contribution < 1.29 is 5.11 Å². The predicted molar refractivity (Wildman–Crippen MR) is 74.8 cm³/mol. The van der Waals surface area contributed by atoms with Crippen molar-refractivity contribution in [2.75, 3.05) is 6.54 Å². The Labute approximate surface area is 112 Å². The average Bonchev–Trinajstić information content (AvgIpc) is 2.46. The summed E-state index contributed by atoms with van der Waals surface area (Å²) in [6, 6.07) is 13.0. The molecular formula is C15H18N2O2. The molecule has 0 unspecified atom stereocenters. The van der Waals surface area contributed by atoms with Crippen LogP contribution in [0.25, 0.3) is 0 Å². The van der Waals surface area contributed by atoms with Crippen molar-refractivity contribution in [1.29, 1.82) is 0 Å². The van der Waals surface area contributed by atoms with Crippen LogP contribution in [0, 0.1) is 0 Å². The number of hydrogen-bond acceptors (Lipinski definition) is 3. The lowest BCUT2D eigenvalue weighted by molar-refractivity contribution is 0.282. The highest BCUT2D eigenvalue weighted by molar-refractivity contribution is 5.21. The van der Waals surface area contributed by atoms with Gasteiger partial charge in [-0.2, -0.15) is 0 Å². The Bertz CT molecular complexity index is 561. The number of aliphatic hydroxyl groups excluding tert-OH is 1. The summed E-state index contributed by atoms with van der Waals surface area (Å²) in [7, 11) is 0. The van der Waals surface area contributed by atoms with E-state index in [0.29, 0.717) is 6.54 Å². The van der Waals surface area contributed by atoms with Crippen LogP contribution in [0.4, 0.5) is 0 Å². The minimum atomic E-state index is 0.0246. The van der Waals surface area contributed by atoms with E-state index in [4.69, 9.17) is 5.11 Å². The summed E-state index contributed by atoms with van der Waals surface area (Å²) >= 11 is 0. The molecule has 100 valence electrons. The molecule has 0 fully saturated rings. The number of aliphatic hydroxyl groups is 1. The molecule has 1 aromatic heterocycles.